The first-order chi connectivity index (χ1) is 19.4. The topological polar surface area (TPSA) is 134 Å². The van der Waals surface area contributed by atoms with Crippen LogP contribution in [0.1, 0.15) is 13.8 Å². The molecule has 2 N–H and O–H groups in total. The van der Waals surface area contributed by atoms with Crippen molar-refractivity contribution in [1.82, 2.24) is 19.8 Å². The summed E-state index contributed by atoms with van der Waals surface area (Å²) in [6.07, 6.45) is 1.38. The summed E-state index contributed by atoms with van der Waals surface area (Å²) < 4.78 is 57.3. The lowest BCUT2D eigenvalue weighted by molar-refractivity contribution is 0.161. The Morgan fingerprint density at radius 2 is 1.71 bits per heavy atom. The van der Waals surface area contributed by atoms with Crippen molar-refractivity contribution in [3.63, 3.8) is 0 Å². The highest BCUT2D eigenvalue weighted by Gasteiger charge is 2.24. The van der Waals surface area contributed by atoms with Crippen LogP contribution in [0.15, 0.2) is 58.5 Å². The average molecular weight is 623 g/mol. The van der Waals surface area contributed by atoms with Crippen molar-refractivity contribution in [3.8, 4) is 5.75 Å². The molecule has 0 spiro atoms. The molecule has 14 heteroatoms. The molecule has 2 aromatic carbocycles. The molecular weight excluding hydrogens is 588 g/mol. The van der Waals surface area contributed by atoms with E-state index in [9.17, 15) is 16.8 Å². The van der Waals surface area contributed by atoms with Crippen LogP contribution in [0.4, 0.5) is 23.1 Å². The number of piperazine rings is 1. The highest BCUT2D eigenvalue weighted by atomic mass is 35.5. The van der Waals surface area contributed by atoms with Crippen LogP contribution in [-0.2, 0) is 19.7 Å². The number of nitrogens with zero attached hydrogens (tertiary/aromatic N) is 4. The van der Waals surface area contributed by atoms with Gasteiger partial charge in [-0.25, -0.2) is 21.8 Å². The summed E-state index contributed by atoms with van der Waals surface area (Å²) in [6.45, 7) is 7.22. The zero-order valence-electron chi connectivity index (χ0n) is 23.5. The first-order valence-electron chi connectivity index (χ1n) is 13.1. The van der Waals surface area contributed by atoms with Gasteiger partial charge >= 0.3 is 0 Å². The Kier molecular flexibility index (Phi) is 9.75. The van der Waals surface area contributed by atoms with Crippen LogP contribution < -0.4 is 15.4 Å². The van der Waals surface area contributed by atoms with Gasteiger partial charge in [0.2, 0.25) is 5.95 Å². The van der Waals surface area contributed by atoms with Crippen LogP contribution in [0.5, 0.6) is 5.75 Å². The first-order valence-corrected chi connectivity index (χ1v) is 16.7. The van der Waals surface area contributed by atoms with Gasteiger partial charge in [-0.3, -0.25) is 4.90 Å². The fraction of sp³-hybridized carbons (Fsp3) is 0.407. The quantitative estimate of drug-likeness (QED) is 0.323. The zero-order chi connectivity index (χ0) is 29.8. The Morgan fingerprint density at radius 1 is 1.00 bits per heavy atom. The summed E-state index contributed by atoms with van der Waals surface area (Å²) >= 11 is 6.34. The number of halogens is 1. The summed E-state index contributed by atoms with van der Waals surface area (Å²) in [5, 5.41) is 5.61. The van der Waals surface area contributed by atoms with E-state index in [1.165, 1.54) is 31.5 Å². The molecule has 2 heterocycles. The van der Waals surface area contributed by atoms with Crippen LogP contribution in [0.2, 0.25) is 5.02 Å². The van der Waals surface area contributed by atoms with Crippen LogP contribution in [0.3, 0.4) is 0 Å². The second-order valence-electron chi connectivity index (χ2n) is 10.1. The van der Waals surface area contributed by atoms with Gasteiger partial charge in [-0.1, -0.05) is 23.7 Å². The fourth-order valence-corrected chi connectivity index (χ4v) is 6.88. The fourth-order valence-electron chi connectivity index (χ4n) is 4.24. The molecule has 222 valence electrons. The predicted octanol–water partition coefficient (Wildman–Crippen LogP) is 3.83. The van der Waals surface area contributed by atoms with Crippen LogP contribution in [-0.4, -0.2) is 94.5 Å². The van der Waals surface area contributed by atoms with E-state index in [-0.39, 0.29) is 32.3 Å². The van der Waals surface area contributed by atoms with E-state index in [2.05, 4.69) is 37.4 Å². The third-order valence-electron chi connectivity index (χ3n) is 6.86. The minimum atomic E-state index is -3.57. The lowest BCUT2D eigenvalue weighted by Gasteiger charge is -2.32. The number of sulfone groups is 2. The summed E-state index contributed by atoms with van der Waals surface area (Å²) in [5.41, 5.74) is 0.776. The Morgan fingerprint density at radius 3 is 2.39 bits per heavy atom. The molecule has 1 aliphatic rings. The van der Waals surface area contributed by atoms with E-state index in [4.69, 9.17) is 16.3 Å². The van der Waals surface area contributed by atoms with E-state index in [0.29, 0.717) is 23.7 Å². The Balaban J connectivity index is 1.52. The van der Waals surface area contributed by atoms with Gasteiger partial charge in [0.1, 0.15) is 10.8 Å². The average Bonchev–Trinajstić information content (AvgIpc) is 2.94. The van der Waals surface area contributed by atoms with Gasteiger partial charge in [-0.15, -0.1) is 0 Å². The molecule has 1 saturated heterocycles. The van der Waals surface area contributed by atoms with E-state index in [0.717, 1.165) is 26.2 Å². The number of para-hydroxylation sites is 1. The zero-order valence-corrected chi connectivity index (χ0v) is 25.9. The number of hydrogen-bond acceptors (Lipinski definition) is 11. The van der Waals surface area contributed by atoms with Gasteiger partial charge in [0, 0.05) is 38.8 Å². The van der Waals surface area contributed by atoms with Crippen molar-refractivity contribution < 1.29 is 21.6 Å². The number of anilines is 4. The minimum absolute atomic E-state index is 0.00989. The van der Waals surface area contributed by atoms with Crippen molar-refractivity contribution in [2.24, 2.45) is 0 Å². The van der Waals surface area contributed by atoms with Gasteiger partial charge in [-0.05, 0) is 45.2 Å². The van der Waals surface area contributed by atoms with Crippen molar-refractivity contribution in [1.29, 1.82) is 0 Å². The maximum Gasteiger partial charge on any atom is 0.229 e. The molecule has 0 amide bonds. The van der Waals surface area contributed by atoms with Gasteiger partial charge in [-0.2, -0.15) is 4.98 Å². The number of methoxy groups -OCH3 is 1. The lowest BCUT2D eigenvalue weighted by atomic mass is 10.3. The van der Waals surface area contributed by atoms with Crippen molar-refractivity contribution in [2.75, 3.05) is 63.3 Å². The van der Waals surface area contributed by atoms with Gasteiger partial charge in [0.15, 0.2) is 25.5 Å². The molecule has 1 aromatic heterocycles. The van der Waals surface area contributed by atoms with Crippen molar-refractivity contribution >= 4 is 54.4 Å². The molecule has 0 bridgehead atoms. The van der Waals surface area contributed by atoms with E-state index in [1.54, 1.807) is 38.1 Å². The third kappa shape index (κ3) is 7.46. The number of ether oxygens (including phenoxy) is 1. The summed E-state index contributed by atoms with van der Waals surface area (Å²) in [7, 11) is -3.60. The van der Waals surface area contributed by atoms with Crippen molar-refractivity contribution in [3.05, 3.63) is 53.7 Å². The predicted molar refractivity (Wildman–Crippen MR) is 161 cm³/mol. The molecule has 0 saturated carbocycles. The molecule has 1 fully saturated rings. The molecule has 0 unspecified atom stereocenters. The standard InChI is InChI=1S/C27H35ClN6O5S2/c1-19(2)41(37,38)25-8-6-5-7-23(25)30-26-21(28)18-29-27(32-26)31-22-10-9-20(17-24(22)39-4)40(35,36)16-15-34-13-11-33(3)12-14-34/h5-10,17-19H,11-16H2,1-4H3,(H2,29,30,31,32). The number of hydrogen-bond donors (Lipinski definition) is 2. The third-order valence-corrected chi connectivity index (χ3v) is 11.0. The van der Waals surface area contributed by atoms with Crippen LogP contribution in [0.25, 0.3) is 0 Å². The minimum Gasteiger partial charge on any atom is -0.495 e. The van der Waals surface area contributed by atoms with Gasteiger partial charge < -0.3 is 20.3 Å². The number of benzene rings is 2. The first kappa shape index (κ1) is 31.0. The highest BCUT2D eigenvalue weighted by molar-refractivity contribution is 7.92. The monoisotopic (exact) mass is 622 g/mol. The smallest absolute Gasteiger partial charge is 0.229 e. The SMILES string of the molecule is COc1cc(S(=O)(=O)CCN2CCN(C)CC2)ccc1Nc1ncc(Cl)c(Nc2ccccc2S(=O)(=O)C(C)C)n1. The molecule has 41 heavy (non-hydrogen) atoms. The molecule has 11 nitrogen and oxygen atoms in total. The highest BCUT2D eigenvalue weighted by Crippen LogP contribution is 2.33. The molecule has 3 aromatic rings. The van der Waals surface area contributed by atoms with Crippen molar-refractivity contribution in [2.45, 2.75) is 28.9 Å². The van der Waals surface area contributed by atoms with Crippen LogP contribution >= 0.6 is 11.6 Å². The molecular formula is C27H35ClN6O5S2. The summed E-state index contributed by atoms with van der Waals surface area (Å²) in [6, 6.07) is 11.1. The molecule has 1 aliphatic heterocycles. The molecule has 0 radical (unpaired) electrons. The molecule has 0 atom stereocenters. The van der Waals surface area contributed by atoms with E-state index in [1.807, 2.05) is 0 Å². The van der Waals surface area contributed by atoms with E-state index < -0.39 is 24.9 Å². The summed E-state index contributed by atoms with van der Waals surface area (Å²) in [4.78, 5) is 13.3. The Labute approximate surface area is 246 Å². The number of nitrogens with one attached hydrogen (secondary N) is 2. The second kappa shape index (κ2) is 12.9. The maximum atomic E-state index is 13.1. The Bertz CT molecular complexity index is 1590. The van der Waals surface area contributed by atoms with Gasteiger partial charge in [0.05, 0.1) is 45.5 Å². The number of likely N-dealkylation sites (N-methyl/N-ethyl adjacent to an activating group) is 1. The summed E-state index contributed by atoms with van der Waals surface area (Å²) in [5.74, 6) is 0.644. The number of aromatic nitrogens is 2. The van der Waals surface area contributed by atoms with E-state index >= 15 is 0 Å². The van der Waals surface area contributed by atoms with Crippen LogP contribution in [0, 0.1) is 0 Å². The number of rotatable bonds is 11. The molecule has 4 rings (SSSR count). The normalized spacial score (nSPS) is 15.2. The second-order valence-corrected chi connectivity index (χ2v) is 15.0. The lowest BCUT2D eigenvalue weighted by Crippen LogP contribution is -2.45. The largest absolute Gasteiger partial charge is 0.495 e. The van der Waals surface area contributed by atoms with Gasteiger partial charge in [0.25, 0.3) is 0 Å². The Hall–Kier alpha value is -2.97. The maximum absolute atomic E-state index is 13.1. The molecule has 0 aliphatic carbocycles.